The molecule has 0 spiro atoms. The van der Waals surface area contributed by atoms with Crippen LogP contribution in [0.2, 0.25) is 0 Å². The molecular weight excluding hydrogens is 256 g/mol. The van der Waals surface area contributed by atoms with Gasteiger partial charge in [-0.15, -0.1) is 0 Å². The van der Waals surface area contributed by atoms with Gasteiger partial charge >= 0.3 is 24.8 Å². The van der Waals surface area contributed by atoms with E-state index in [2.05, 4.69) is 7.26 Å². The second kappa shape index (κ2) is 2.66. The van der Waals surface area contributed by atoms with Crippen molar-refractivity contribution in [3.8, 4) is 0 Å². The van der Waals surface area contributed by atoms with E-state index < -0.39 is 36.1 Å². The first kappa shape index (κ1) is 10.9. The van der Waals surface area contributed by atoms with Crippen molar-refractivity contribution in [1.82, 2.24) is 0 Å². The van der Waals surface area contributed by atoms with Crippen LogP contribution >= 0.6 is 0 Å². The fraction of sp³-hybridized carbons (Fsp3) is 1.00. The van der Waals surface area contributed by atoms with E-state index in [1.807, 2.05) is 0 Å². The number of halogens is 2. The van der Waals surface area contributed by atoms with Gasteiger partial charge < -0.3 is 0 Å². The molecule has 0 aliphatic carbocycles. The summed E-state index contributed by atoms with van der Waals surface area (Å²) in [6.45, 7) is 0. The van der Waals surface area contributed by atoms with Crippen LogP contribution in [-0.2, 0) is 38.7 Å². The standard InChI is InChI=1S/CHF2NO6S3/c2-1(3)12(5,6)9-11(4)10-13(1,7)8/h4H. The van der Waals surface area contributed by atoms with E-state index in [0.29, 0.717) is 0 Å². The van der Waals surface area contributed by atoms with Crippen LogP contribution in [0, 0.1) is 4.78 Å². The lowest BCUT2D eigenvalue weighted by Gasteiger charge is -2.20. The molecule has 0 aromatic heterocycles. The summed E-state index contributed by atoms with van der Waals surface area (Å²) in [6.07, 6.45) is 0. The number of alkyl halides is 2. The first-order valence-corrected chi connectivity index (χ1v) is 6.22. The van der Waals surface area contributed by atoms with Crippen molar-refractivity contribution in [3.63, 3.8) is 0 Å². The molecule has 12 heteroatoms. The van der Waals surface area contributed by atoms with E-state index in [4.69, 9.17) is 4.78 Å². The molecule has 1 aliphatic heterocycles. The van der Waals surface area contributed by atoms with Crippen LogP contribution in [0.1, 0.15) is 0 Å². The lowest BCUT2D eigenvalue weighted by Crippen LogP contribution is -2.44. The molecule has 1 aliphatic rings. The molecule has 1 rings (SSSR count). The van der Waals surface area contributed by atoms with Gasteiger partial charge in [0, 0.05) is 0 Å². The monoisotopic (exact) mass is 257 g/mol. The SMILES string of the molecule is N=S1OS(=O)(=O)C(F)(F)S(=O)(=O)O1. The van der Waals surface area contributed by atoms with E-state index in [0.717, 1.165) is 0 Å². The summed E-state index contributed by atoms with van der Waals surface area (Å²) in [5.74, 6) is 0. The van der Waals surface area contributed by atoms with Crippen molar-refractivity contribution in [2.45, 2.75) is 4.59 Å². The smallest absolute Gasteiger partial charge is 0.228 e. The fourth-order valence-corrected chi connectivity index (χ4v) is 4.11. The highest BCUT2D eigenvalue weighted by Crippen LogP contribution is 2.36. The third-order valence-corrected chi connectivity index (χ3v) is 5.70. The molecule has 0 radical (unpaired) electrons. The zero-order valence-corrected chi connectivity index (χ0v) is 7.88. The molecule has 13 heavy (non-hydrogen) atoms. The molecule has 78 valence electrons. The lowest BCUT2D eigenvalue weighted by atomic mass is 11.6. The van der Waals surface area contributed by atoms with Gasteiger partial charge in [-0.05, 0) is 0 Å². The molecule has 0 amide bonds. The van der Waals surface area contributed by atoms with Gasteiger partial charge in [0.15, 0.2) is 0 Å². The van der Waals surface area contributed by atoms with Crippen LogP contribution in [0.5, 0.6) is 0 Å². The van der Waals surface area contributed by atoms with Crippen LogP contribution in [0.25, 0.3) is 0 Å². The zero-order chi connectivity index (χ0) is 10.5. The van der Waals surface area contributed by atoms with E-state index >= 15 is 0 Å². The van der Waals surface area contributed by atoms with Crippen molar-refractivity contribution in [1.29, 1.82) is 4.78 Å². The largest absolute Gasteiger partial charge is 0.498 e. The molecule has 0 saturated carbocycles. The predicted molar refractivity (Wildman–Crippen MR) is 35.0 cm³/mol. The van der Waals surface area contributed by atoms with E-state index in [-0.39, 0.29) is 0 Å². The number of nitrogens with one attached hydrogen (secondary N) is 1. The summed E-state index contributed by atoms with van der Waals surface area (Å²) < 4.78 is 74.4. The normalized spacial score (nSPS) is 31.2. The topological polar surface area (TPSA) is 111 Å². The van der Waals surface area contributed by atoms with Crippen molar-refractivity contribution in [2.75, 3.05) is 0 Å². The minimum Gasteiger partial charge on any atom is -0.228 e. The highest BCUT2D eigenvalue weighted by molar-refractivity contribution is 8.14. The predicted octanol–water partition coefficient (Wildman–Crippen LogP) is -0.546. The Bertz CT molecular complexity index is 406. The Labute approximate surface area is 74.2 Å². The van der Waals surface area contributed by atoms with Gasteiger partial charge in [0.05, 0.1) is 0 Å². The Hall–Kier alpha value is -0.170. The van der Waals surface area contributed by atoms with Gasteiger partial charge in [-0.2, -0.15) is 32.9 Å². The van der Waals surface area contributed by atoms with Gasteiger partial charge in [0.25, 0.3) is 0 Å². The highest BCUT2D eigenvalue weighted by atomic mass is 32.3. The number of rotatable bonds is 0. The van der Waals surface area contributed by atoms with Gasteiger partial charge in [-0.1, -0.05) is 0 Å². The molecule has 1 saturated heterocycles. The third-order valence-electron chi connectivity index (χ3n) is 0.885. The molecular formula is CHF2NO6S3. The maximum Gasteiger partial charge on any atom is 0.498 e. The Morgan fingerprint density at radius 1 is 1.08 bits per heavy atom. The highest BCUT2D eigenvalue weighted by Gasteiger charge is 2.65. The Morgan fingerprint density at radius 3 is 1.69 bits per heavy atom. The quantitative estimate of drug-likeness (QED) is 0.623. The van der Waals surface area contributed by atoms with Crippen LogP contribution in [0.4, 0.5) is 8.78 Å². The maximum atomic E-state index is 12.4. The van der Waals surface area contributed by atoms with Gasteiger partial charge in [-0.3, -0.25) is 0 Å². The average Bonchev–Trinajstić information content (AvgIpc) is 1.80. The molecule has 1 N–H and O–H groups in total. The molecule has 1 heterocycles. The second-order valence-electron chi connectivity index (χ2n) is 1.74. The molecule has 0 aromatic rings. The minimum absolute atomic E-state index is 2.78. The van der Waals surface area contributed by atoms with Gasteiger partial charge in [-0.25, -0.2) is 4.78 Å². The summed E-state index contributed by atoms with van der Waals surface area (Å²) in [6, 6.07) is 0. The molecule has 0 unspecified atom stereocenters. The lowest BCUT2D eigenvalue weighted by molar-refractivity contribution is 0.151. The van der Waals surface area contributed by atoms with Crippen molar-refractivity contribution in [2.24, 2.45) is 0 Å². The molecule has 0 aromatic carbocycles. The van der Waals surface area contributed by atoms with E-state index in [1.54, 1.807) is 0 Å². The summed E-state index contributed by atoms with van der Waals surface area (Å²) in [5.41, 5.74) is 0. The van der Waals surface area contributed by atoms with Gasteiger partial charge in [0.2, 0.25) is 11.3 Å². The van der Waals surface area contributed by atoms with Crippen LogP contribution < -0.4 is 0 Å². The summed E-state index contributed by atoms with van der Waals surface area (Å²) in [5, 5.41) is 0. The Balaban J connectivity index is 3.45. The Morgan fingerprint density at radius 2 is 1.38 bits per heavy atom. The maximum absolute atomic E-state index is 12.4. The fourth-order valence-electron chi connectivity index (χ4n) is 0.378. The summed E-state index contributed by atoms with van der Waals surface area (Å²) in [4.78, 5) is 0. The van der Waals surface area contributed by atoms with Crippen LogP contribution in [-0.4, -0.2) is 21.4 Å². The van der Waals surface area contributed by atoms with Crippen molar-refractivity contribution >= 4 is 31.5 Å². The van der Waals surface area contributed by atoms with Crippen LogP contribution in [0.15, 0.2) is 0 Å². The molecule has 1 fully saturated rings. The second-order valence-corrected chi connectivity index (χ2v) is 6.40. The van der Waals surface area contributed by atoms with E-state index in [1.165, 1.54) is 0 Å². The first-order chi connectivity index (χ1) is 5.60. The summed E-state index contributed by atoms with van der Waals surface area (Å²) in [7, 11) is -11.3. The average molecular weight is 257 g/mol. The number of hydrogen-bond donors (Lipinski definition) is 1. The minimum atomic E-state index is -5.64. The van der Waals surface area contributed by atoms with Crippen molar-refractivity contribution < 1.29 is 32.9 Å². The Kier molecular flexibility index (Phi) is 2.23. The van der Waals surface area contributed by atoms with Crippen LogP contribution in [0.3, 0.4) is 0 Å². The molecule has 0 atom stereocenters. The number of hydrogen-bond acceptors (Lipinski definition) is 7. The third kappa shape index (κ3) is 1.48. The zero-order valence-electron chi connectivity index (χ0n) is 5.43. The van der Waals surface area contributed by atoms with Crippen molar-refractivity contribution in [3.05, 3.63) is 0 Å². The summed E-state index contributed by atoms with van der Waals surface area (Å²) >= 11 is -2.78. The van der Waals surface area contributed by atoms with Gasteiger partial charge in [0.1, 0.15) is 0 Å². The molecule has 7 nitrogen and oxygen atoms in total. The molecule has 0 bridgehead atoms. The first-order valence-electron chi connectivity index (χ1n) is 2.32. The van der Waals surface area contributed by atoms with E-state index in [9.17, 15) is 25.6 Å².